The number of hydrogen-bond acceptors (Lipinski definition) is 9. The highest BCUT2D eigenvalue weighted by molar-refractivity contribution is 8.00. The van der Waals surface area contributed by atoms with Crippen molar-refractivity contribution in [2.75, 3.05) is 18.1 Å². The second kappa shape index (κ2) is 13.1. The number of nitrogens with two attached hydrogens (primary N) is 1. The highest BCUT2D eigenvalue weighted by atomic mass is 32.2. The second-order valence-corrected chi connectivity index (χ2v) is 10.3. The van der Waals surface area contributed by atoms with Gasteiger partial charge in [-0.2, -0.15) is 0 Å². The number of piperidine rings is 1. The molecule has 1 saturated heterocycles. The standard InChI is InChI=1S/C23H28N6O6S2/c1-13-20(37-28-27-13)23(35)25-15-7-8-29(18(30)11-36-12-19(31)32)17(10-15)22(34)26-16(21(24)33)9-14-5-3-2-4-6-14/h2-6,15-17H,7-12H2,1H3,(H2,24,33)(H,25,35)(H,26,34)(H,31,32)/t15-,16+,17-/m0/s1. The summed E-state index contributed by atoms with van der Waals surface area (Å²) in [4.78, 5) is 63.6. The van der Waals surface area contributed by atoms with E-state index < -0.39 is 41.8 Å². The minimum absolute atomic E-state index is 0.106. The molecule has 3 atom stereocenters. The molecular formula is C23H28N6O6S2. The predicted octanol–water partition coefficient (Wildman–Crippen LogP) is -0.0335. The summed E-state index contributed by atoms with van der Waals surface area (Å²) in [6, 6.07) is 6.62. The zero-order valence-electron chi connectivity index (χ0n) is 20.1. The van der Waals surface area contributed by atoms with Crippen LogP contribution in [0.15, 0.2) is 30.3 Å². The van der Waals surface area contributed by atoms with E-state index in [1.54, 1.807) is 31.2 Å². The first-order valence-corrected chi connectivity index (χ1v) is 13.4. The number of nitrogens with zero attached hydrogens (tertiary/aromatic N) is 3. The molecular weight excluding hydrogens is 520 g/mol. The number of hydrogen-bond donors (Lipinski definition) is 4. The second-order valence-electron chi connectivity index (χ2n) is 8.52. The number of carbonyl (C=O) groups is 5. The fourth-order valence-electron chi connectivity index (χ4n) is 3.98. The van der Waals surface area contributed by atoms with Crippen molar-refractivity contribution in [1.29, 1.82) is 0 Å². The molecule has 0 radical (unpaired) electrons. The molecule has 1 aromatic heterocycles. The van der Waals surface area contributed by atoms with E-state index in [2.05, 4.69) is 20.2 Å². The van der Waals surface area contributed by atoms with Crippen molar-refractivity contribution >= 4 is 52.9 Å². The van der Waals surface area contributed by atoms with Gasteiger partial charge in [-0.25, -0.2) is 0 Å². The lowest BCUT2D eigenvalue weighted by molar-refractivity contribution is -0.141. The number of aliphatic carboxylic acids is 1. The van der Waals surface area contributed by atoms with Crippen molar-refractivity contribution < 1.29 is 29.1 Å². The monoisotopic (exact) mass is 548 g/mol. The number of carbonyl (C=O) groups excluding carboxylic acids is 4. The zero-order chi connectivity index (χ0) is 26.9. The molecule has 0 bridgehead atoms. The summed E-state index contributed by atoms with van der Waals surface area (Å²) in [6.45, 7) is 1.83. The number of rotatable bonds is 11. The molecule has 1 fully saturated rings. The van der Waals surface area contributed by atoms with Gasteiger partial charge in [0.25, 0.3) is 5.91 Å². The summed E-state index contributed by atoms with van der Waals surface area (Å²) in [6.07, 6.45) is 0.670. The molecule has 1 aromatic carbocycles. The molecule has 0 aliphatic carbocycles. The van der Waals surface area contributed by atoms with Crippen LogP contribution in [-0.2, 0) is 25.6 Å². The molecule has 3 rings (SSSR count). The first-order valence-electron chi connectivity index (χ1n) is 11.5. The minimum Gasteiger partial charge on any atom is -0.481 e. The lowest BCUT2D eigenvalue weighted by Gasteiger charge is -2.39. The number of aryl methyl sites for hydroxylation is 1. The normalized spacial score (nSPS) is 18.0. The molecule has 37 heavy (non-hydrogen) atoms. The largest absolute Gasteiger partial charge is 0.481 e. The summed E-state index contributed by atoms with van der Waals surface area (Å²) < 4.78 is 3.76. The summed E-state index contributed by atoms with van der Waals surface area (Å²) in [7, 11) is 0. The fraction of sp³-hybridized carbons (Fsp3) is 0.435. The van der Waals surface area contributed by atoms with Gasteiger partial charge in [-0.05, 0) is 36.9 Å². The predicted molar refractivity (Wildman–Crippen MR) is 137 cm³/mol. The van der Waals surface area contributed by atoms with E-state index in [9.17, 15) is 24.0 Å². The number of benzene rings is 1. The Kier molecular flexibility index (Phi) is 9.97. The summed E-state index contributed by atoms with van der Waals surface area (Å²) in [5, 5.41) is 18.2. The first-order chi connectivity index (χ1) is 17.7. The van der Waals surface area contributed by atoms with Gasteiger partial charge in [-0.15, -0.1) is 16.9 Å². The molecule has 0 saturated carbocycles. The SMILES string of the molecule is Cc1nnsc1C(=O)N[C@H]1CCN(C(=O)CSCC(=O)O)[C@H](C(=O)N[C@H](Cc2ccccc2)C(N)=O)C1. The third-order valence-electron chi connectivity index (χ3n) is 5.81. The molecule has 14 heteroatoms. The molecule has 1 aliphatic rings. The van der Waals surface area contributed by atoms with Gasteiger partial charge >= 0.3 is 5.97 Å². The molecule has 198 valence electrons. The van der Waals surface area contributed by atoms with Gasteiger partial charge in [0.05, 0.1) is 17.2 Å². The number of primary amides is 1. The first kappa shape index (κ1) is 28.1. The third kappa shape index (κ3) is 7.98. The summed E-state index contributed by atoms with van der Waals surface area (Å²) in [5.74, 6) is -3.50. The van der Waals surface area contributed by atoms with E-state index in [1.165, 1.54) is 4.90 Å². The third-order valence-corrected chi connectivity index (χ3v) is 7.54. The van der Waals surface area contributed by atoms with Gasteiger partial charge in [0.1, 0.15) is 17.0 Å². The van der Waals surface area contributed by atoms with Crippen molar-refractivity contribution in [1.82, 2.24) is 25.1 Å². The number of amides is 4. The van der Waals surface area contributed by atoms with E-state index in [4.69, 9.17) is 10.8 Å². The van der Waals surface area contributed by atoms with Crippen LogP contribution in [0, 0.1) is 6.92 Å². The van der Waals surface area contributed by atoms with E-state index >= 15 is 0 Å². The Balaban J connectivity index is 1.74. The quantitative estimate of drug-likeness (QED) is 0.299. The smallest absolute Gasteiger partial charge is 0.313 e. The average molecular weight is 549 g/mol. The molecule has 1 aliphatic heterocycles. The van der Waals surface area contributed by atoms with Crippen LogP contribution < -0.4 is 16.4 Å². The Bertz CT molecular complexity index is 1140. The molecule has 4 amide bonds. The van der Waals surface area contributed by atoms with Crippen molar-refractivity contribution in [3.63, 3.8) is 0 Å². The molecule has 12 nitrogen and oxygen atoms in total. The molecule has 0 spiro atoms. The van der Waals surface area contributed by atoms with Gasteiger partial charge in [0.15, 0.2) is 0 Å². The Morgan fingerprint density at radius 2 is 1.95 bits per heavy atom. The van der Waals surface area contributed by atoms with Gasteiger partial charge in [0.2, 0.25) is 17.7 Å². The van der Waals surface area contributed by atoms with E-state index in [0.29, 0.717) is 17.0 Å². The fourth-order valence-corrected chi connectivity index (χ4v) is 5.16. The van der Waals surface area contributed by atoms with Crippen LogP contribution in [0.25, 0.3) is 0 Å². The van der Waals surface area contributed by atoms with Crippen LogP contribution in [0.2, 0.25) is 0 Å². The van der Waals surface area contributed by atoms with Gasteiger partial charge < -0.3 is 26.4 Å². The van der Waals surface area contributed by atoms with Crippen molar-refractivity contribution in [2.45, 2.75) is 44.3 Å². The zero-order valence-corrected chi connectivity index (χ0v) is 21.7. The summed E-state index contributed by atoms with van der Waals surface area (Å²) in [5.41, 5.74) is 6.84. The lowest BCUT2D eigenvalue weighted by atomic mass is 9.95. The average Bonchev–Trinajstić information content (AvgIpc) is 3.29. The Labute approximate surface area is 221 Å². The van der Waals surface area contributed by atoms with E-state index in [1.807, 2.05) is 6.07 Å². The number of thioether (sulfide) groups is 1. The minimum atomic E-state index is -1.05. The lowest BCUT2D eigenvalue weighted by Crippen LogP contribution is -2.60. The van der Waals surface area contributed by atoms with Crippen molar-refractivity contribution in [3.05, 3.63) is 46.5 Å². The van der Waals surface area contributed by atoms with Crippen LogP contribution in [0.4, 0.5) is 0 Å². The van der Waals surface area contributed by atoms with Crippen LogP contribution in [-0.4, -0.2) is 85.4 Å². The van der Waals surface area contributed by atoms with Crippen LogP contribution in [0.5, 0.6) is 0 Å². The Morgan fingerprint density at radius 1 is 1.22 bits per heavy atom. The van der Waals surface area contributed by atoms with Crippen LogP contribution in [0.3, 0.4) is 0 Å². The maximum atomic E-state index is 13.4. The summed E-state index contributed by atoms with van der Waals surface area (Å²) >= 11 is 1.89. The van der Waals surface area contributed by atoms with Crippen molar-refractivity contribution in [2.24, 2.45) is 5.73 Å². The number of carboxylic acid groups (broad SMARTS) is 1. The number of nitrogens with one attached hydrogen (secondary N) is 2. The molecule has 2 aromatic rings. The van der Waals surface area contributed by atoms with Gasteiger partial charge in [-0.3, -0.25) is 24.0 Å². The highest BCUT2D eigenvalue weighted by Crippen LogP contribution is 2.21. The highest BCUT2D eigenvalue weighted by Gasteiger charge is 2.38. The topological polar surface area (TPSA) is 185 Å². The van der Waals surface area contributed by atoms with Crippen LogP contribution in [0.1, 0.15) is 33.8 Å². The Morgan fingerprint density at radius 3 is 2.57 bits per heavy atom. The Hall–Kier alpha value is -3.52. The van der Waals surface area contributed by atoms with Gasteiger partial charge in [0, 0.05) is 19.0 Å². The van der Waals surface area contributed by atoms with E-state index in [-0.39, 0.29) is 36.8 Å². The van der Waals surface area contributed by atoms with E-state index in [0.717, 1.165) is 28.9 Å². The number of likely N-dealkylation sites (tertiary alicyclic amines) is 1. The van der Waals surface area contributed by atoms with Crippen LogP contribution >= 0.6 is 23.3 Å². The maximum absolute atomic E-state index is 13.4. The number of aromatic nitrogens is 2. The molecule has 2 heterocycles. The maximum Gasteiger partial charge on any atom is 0.313 e. The number of carboxylic acids is 1. The van der Waals surface area contributed by atoms with Crippen molar-refractivity contribution in [3.8, 4) is 0 Å². The molecule has 5 N–H and O–H groups in total. The molecule has 0 unspecified atom stereocenters. The van der Waals surface area contributed by atoms with Gasteiger partial charge in [-0.1, -0.05) is 34.8 Å².